The molecule has 5 nitrogen and oxygen atoms in total. The molecule has 0 aromatic carbocycles. The van der Waals surface area contributed by atoms with Crippen molar-refractivity contribution in [2.24, 2.45) is 5.92 Å². The van der Waals surface area contributed by atoms with E-state index in [0.29, 0.717) is 23.4 Å². The Hall–Kier alpha value is -1.33. The van der Waals surface area contributed by atoms with Crippen LogP contribution in [0.2, 0.25) is 5.02 Å². The third-order valence-electron chi connectivity index (χ3n) is 3.65. The van der Waals surface area contributed by atoms with Crippen molar-refractivity contribution >= 4 is 23.3 Å². The van der Waals surface area contributed by atoms with Crippen LogP contribution in [0.5, 0.6) is 0 Å². The van der Waals surface area contributed by atoms with Crippen LogP contribution in [0.25, 0.3) is 0 Å². The topological polar surface area (TPSA) is 63.2 Å². The van der Waals surface area contributed by atoms with Gasteiger partial charge < -0.3 is 15.4 Å². The number of nitrogens with one attached hydrogen (secondary N) is 2. The Morgan fingerprint density at radius 1 is 1.57 bits per heavy atom. The van der Waals surface area contributed by atoms with Gasteiger partial charge in [-0.25, -0.2) is 4.98 Å². The van der Waals surface area contributed by atoms with Crippen molar-refractivity contribution in [3.05, 3.63) is 22.8 Å². The van der Waals surface area contributed by atoms with Crippen molar-refractivity contribution in [2.75, 3.05) is 25.1 Å². The van der Waals surface area contributed by atoms with Crippen LogP contribution in [0.4, 0.5) is 5.82 Å². The molecule has 2 rings (SSSR count). The van der Waals surface area contributed by atoms with Crippen LogP contribution in [0.15, 0.2) is 12.1 Å². The Bertz CT molecular complexity index is 490. The molecule has 116 valence electrons. The van der Waals surface area contributed by atoms with E-state index in [-0.39, 0.29) is 17.6 Å². The van der Waals surface area contributed by atoms with Crippen LogP contribution in [0, 0.1) is 5.92 Å². The summed E-state index contributed by atoms with van der Waals surface area (Å²) in [6.45, 7) is 6.33. The van der Waals surface area contributed by atoms with Gasteiger partial charge in [-0.1, -0.05) is 18.5 Å². The summed E-state index contributed by atoms with van der Waals surface area (Å²) < 4.78 is 5.35. The Kier molecular flexibility index (Phi) is 5.82. The molecule has 0 aliphatic carbocycles. The minimum Gasteiger partial charge on any atom is -0.381 e. The molecule has 0 spiro atoms. The number of pyridine rings is 1. The maximum absolute atomic E-state index is 12.3. The Balaban J connectivity index is 2.03. The molecule has 1 aliphatic heterocycles. The summed E-state index contributed by atoms with van der Waals surface area (Å²) in [6, 6.07) is 3.53. The third kappa shape index (κ3) is 4.32. The minimum atomic E-state index is -0.237. The lowest BCUT2D eigenvalue weighted by Crippen LogP contribution is -2.38. The quantitative estimate of drug-likeness (QED) is 0.848. The molecule has 2 unspecified atom stereocenters. The fourth-order valence-electron chi connectivity index (χ4n) is 2.29. The van der Waals surface area contributed by atoms with Crippen LogP contribution in [-0.2, 0) is 4.74 Å². The predicted octanol–water partition coefficient (Wildman–Crippen LogP) is 2.71. The Morgan fingerprint density at radius 3 is 3.05 bits per heavy atom. The van der Waals surface area contributed by atoms with E-state index in [2.05, 4.69) is 22.5 Å². The maximum atomic E-state index is 12.3. The number of hydrogen-bond acceptors (Lipinski definition) is 4. The molecule has 0 bridgehead atoms. The van der Waals surface area contributed by atoms with Gasteiger partial charge in [-0.3, -0.25) is 4.79 Å². The SMILES string of the molecule is CCCNc1ccc(Cl)c(C(=O)NC(C)C2CCOC2)n1. The van der Waals surface area contributed by atoms with E-state index >= 15 is 0 Å². The normalized spacial score (nSPS) is 19.3. The van der Waals surface area contributed by atoms with E-state index in [1.54, 1.807) is 12.1 Å². The molecule has 0 radical (unpaired) electrons. The largest absolute Gasteiger partial charge is 0.381 e. The lowest BCUT2D eigenvalue weighted by atomic mass is 10.0. The zero-order valence-corrected chi connectivity index (χ0v) is 13.2. The lowest BCUT2D eigenvalue weighted by Gasteiger charge is -2.19. The van der Waals surface area contributed by atoms with Gasteiger partial charge in [0.25, 0.3) is 5.91 Å². The van der Waals surface area contributed by atoms with Crippen LogP contribution in [-0.4, -0.2) is 36.7 Å². The van der Waals surface area contributed by atoms with E-state index < -0.39 is 0 Å². The van der Waals surface area contributed by atoms with Crippen molar-refractivity contribution in [2.45, 2.75) is 32.7 Å². The fourth-order valence-corrected chi connectivity index (χ4v) is 2.48. The van der Waals surface area contributed by atoms with Gasteiger partial charge in [0.15, 0.2) is 0 Å². The first kappa shape index (κ1) is 16.0. The Labute approximate surface area is 130 Å². The highest BCUT2D eigenvalue weighted by Gasteiger charge is 2.25. The molecular weight excluding hydrogens is 290 g/mol. The van der Waals surface area contributed by atoms with E-state index in [1.165, 1.54) is 0 Å². The first-order valence-electron chi connectivity index (χ1n) is 7.40. The minimum absolute atomic E-state index is 0.0464. The summed E-state index contributed by atoms with van der Waals surface area (Å²) in [5, 5.41) is 6.49. The van der Waals surface area contributed by atoms with E-state index in [4.69, 9.17) is 16.3 Å². The molecular formula is C15H22ClN3O2. The number of carbonyl (C=O) groups is 1. The summed E-state index contributed by atoms with van der Waals surface area (Å²) >= 11 is 6.09. The molecule has 1 aromatic rings. The molecule has 1 aliphatic rings. The van der Waals surface area contributed by atoms with Crippen LogP contribution < -0.4 is 10.6 Å². The highest BCUT2D eigenvalue weighted by atomic mass is 35.5. The average molecular weight is 312 g/mol. The molecule has 1 aromatic heterocycles. The van der Waals surface area contributed by atoms with Gasteiger partial charge in [0.05, 0.1) is 11.6 Å². The van der Waals surface area contributed by atoms with Crippen LogP contribution in [0.1, 0.15) is 37.2 Å². The number of hydrogen-bond donors (Lipinski definition) is 2. The fraction of sp³-hybridized carbons (Fsp3) is 0.600. The number of nitrogens with zero attached hydrogens (tertiary/aromatic N) is 1. The second kappa shape index (κ2) is 7.61. The smallest absolute Gasteiger partial charge is 0.271 e. The second-order valence-corrected chi connectivity index (χ2v) is 5.75. The summed E-state index contributed by atoms with van der Waals surface area (Å²) in [7, 11) is 0. The molecule has 2 atom stereocenters. The number of anilines is 1. The summed E-state index contributed by atoms with van der Waals surface area (Å²) in [5.74, 6) is 0.789. The standard InChI is InChI=1S/C15H22ClN3O2/c1-3-7-17-13-5-4-12(16)14(19-13)15(20)18-10(2)11-6-8-21-9-11/h4-5,10-11H,3,6-9H2,1-2H3,(H,17,19)(H,18,20). The number of aromatic nitrogens is 1. The van der Waals surface area contributed by atoms with Gasteiger partial charge in [0.2, 0.25) is 0 Å². The van der Waals surface area contributed by atoms with Crippen molar-refractivity contribution in [1.82, 2.24) is 10.3 Å². The van der Waals surface area contributed by atoms with Gasteiger partial charge in [-0.2, -0.15) is 0 Å². The first-order valence-corrected chi connectivity index (χ1v) is 7.78. The van der Waals surface area contributed by atoms with E-state index in [9.17, 15) is 4.79 Å². The number of halogens is 1. The zero-order valence-electron chi connectivity index (χ0n) is 12.5. The summed E-state index contributed by atoms with van der Waals surface area (Å²) in [5.41, 5.74) is 0.267. The van der Waals surface area contributed by atoms with Crippen molar-refractivity contribution in [1.29, 1.82) is 0 Å². The molecule has 0 saturated carbocycles. The Morgan fingerprint density at radius 2 is 2.38 bits per heavy atom. The molecule has 21 heavy (non-hydrogen) atoms. The predicted molar refractivity (Wildman–Crippen MR) is 83.9 cm³/mol. The first-order chi connectivity index (χ1) is 10.1. The van der Waals surface area contributed by atoms with Gasteiger partial charge in [-0.15, -0.1) is 0 Å². The third-order valence-corrected chi connectivity index (χ3v) is 3.95. The van der Waals surface area contributed by atoms with Crippen LogP contribution >= 0.6 is 11.6 Å². The second-order valence-electron chi connectivity index (χ2n) is 5.34. The lowest BCUT2D eigenvalue weighted by molar-refractivity contribution is 0.0917. The number of amides is 1. The van der Waals surface area contributed by atoms with Crippen molar-refractivity contribution in [3.63, 3.8) is 0 Å². The summed E-state index contributed by atoms with van der Waals surface area (Å²) in [6.07, 6.45) is 1.96. The number of carbonyl (C=O) groups excluding carboxylic acids is 1. The van der Waals surface area contributed by atoms with Crippen molar-refractivity contribution < 1.29 is 9.53 Å². The van der Waals surface area contributed by atoms with Gasteiger partial charge in [0.1, 0.15) is 11.5 Å². The molecule has 1 fully saturated rings. The molecule has 6 heteroatoms. The summed E-state index contributed by atoms with van der Waals surface area (Å²) in [4.78, 5) is 16.6. The van der Waals surface area contributed by atoms with Gasteiger partial charge in [0, 0.05) is 25.1 Å². The van der Waals surface area contributed by atoms with E-state index in [1.807, 2.05) is 6.92 Å². The van der Waals surface area contributed by atoms with Crippen LogP contribution in [0.3, 0.4) is 0 Å². The van der Waals surface area contributed by atoms with Crippen molar-refractivity contribution in [3.8, 4) is 0 Å². The molecule has 1 saturated heterocycles. The van der Waals surface area contributed by atoms with Gasteiger partial charge in [-0.05, 0) is 31.9 Å². The van der Waals surface area contributed by atoms with Gasteiger partial charge >= 0.3 is 0 Å². The molecule has 2 N–H and O–H groups in total. The average Bonchev–Trinajstić information content (AvgIpc) is 3.00. The van der Waals surface area contributed by atoms with E-state index in [0.717, 1.165) is 26.0 Å². The maximum Gasteiger partial charge on any atom is 0.271 e. The zero-order chi connectivity index (χ0) is 15.2. The highest BCUT2D eigenvalue weighted by molar-refractivity contribution is 6.33. The number of ether oxygens (including phenoxy) is 1. The molecule has 1 amide bonds. The highest BCUT2D eigenvalue weighted by Crippen LogP contribution is 2.19. The number of rotatable bonds is 6. The monoisotopic (exact) mass is 311 g/mol. The molecule has 2 heterocycles.